The number of hydrogen-bond acceptors (Lipinski definition) is 3. The number of carbonyl (C=O) groups excluding carboxylic acids is 1. The average molecular weight is 344 g/mol. The number of carbonyl (C=O) groups is 1. The molecule has 1 fully saturated rings. The third kappa shape index (κ3) is 2.42. The Kier molecular flexibility index (Phi) is 3.60. The summed E-state index contributed by atoms with van der Waals surface area (Å²) in [5.74, 6) is 1.84. The predicted molar refractivity (Wildman–Crippen MR) is 80.1 cm³/mol. The van der Waals surface area contributed by atoms with E-state index in [0.29, 0.717) is 24.4 Å². The smallest absolute Gasteiger partial charge is 0.233 e. The summed E-state index contributed by atoms with van der Waals surface area (Å²) in [4.78, 5) is 16.7. The van der Waals surface area contributed by atoms with Crippen molar-refractivity contribution in [2.24, 2.45) is 5.92 Å². The van der Waals surface area contributed by atoms with Crippen LogP contribution in [-0.4, -0.2) is 28.8 Å². The van der Waals surface area contributed by atoms with E-state index in [1.165, 1.54) is 28.2 Å². The van der Waals surface area contributed by atoms with E-state index in [1.54, 1.807) is 11.3 Å². The zero-order chi connectivity index (χ0) is 13.6. The van der Waals surface area contributed by atoms with Crippen molar-refractivity contribution in [1.82, 2.24) is 4.90 Å². The van der Waals surface area contributed by atoms with Gasteiger partial charge in [-0.25, -0.2) is 0 Å². The van der Waals surface area contributed by atoms with Crippen molar-refractivity contribution in [3.63, 3.8) is 0 Å². The normalized spacial score (nSPS) is 22.7. The average Bonchev–Trinajstić information content (AvgIpc) is 3.19. The second-order valence-electron chi connectivity index (χ2n) is 5.41. The van der Waals surface area contributed by atoms with Gasteiger partial charge in [0.15, 0.2) is 0 Å². The number of ether oxygens (including phenoxy) is 1. The van der Waals surface area contributed by atoms with Crippen molar-refractivity contribution in [1.29, 1.82) is 0 Å². The molecule has 104 valence electrons. The topological polar surface area (TPSA) is 29.5 Å². The second kappa shape index (κ2) is 5.09. The minimum absolute atomic E-state index is 0.178. The van der Waals surface area contributed by atoms with Crippen molar-refractivity contribution in [2.45, 2.75) is 39.3 Å². The first kappa shape index (κ1) is 13.4. The van der Waals surface area contributed by atoms with Gasteiger partial charge >= 0.3 is 0 Å². The Hall–Kier alpha value is -0.550. The highest BCUT2D eigenvalue weighted by Crippen LogP contribution is 2.42. The first-order valence-corrected chi connectivity index (χ1v) is 8.62. The van der Waals surface area contributed by atoms with Crippen LogP contribution in [0.25, 0.3) is 0 Å². The van der Waals surface area contributed by atoms with E-state index >= 15 is 0 Å². The fourth-order valence-electron chi connectivity index (χ4n) is 2.72. The molecule has 1 amide bonds. The van der Waals surface area contributed by atoms with Gasteiger partial charge in [0.25, 0.3) is 0 Å². The van der Waals surface area contributed by atoms with Crippen LogP contribution in [0, 0.1) is 19.8 Å². The monoisotopic (exact) mass is 343 g/mol. The molecule has 1 saturated carbocycles. The lowest BCUT2D eigenvalue weighted by Crippen LogP contribution is -2.43. The quantitative estimate of drug-likeness (QED) is 0.771. The molecule has 0 unspecified atom stereocenters. The van der Waals surface area contributed by atoms with Crippen LogP contribution in [0.15, 0.2) is 0 Å². The number of fused-ring (bicyclic) bond motifs is 1. The number of rotatable bonds is 2. The molecule has 0 spiro atoms. The van der Waals surface area contributed by atoms with E-state index in [4.69, 9.17) is 4.74 Å². The molecule has 2 heterocycles. The number of amides is 1. The third-order valence-electron chi connectivity index (χ3n) is 4.11. The first-order valence-electron chi connectivity index (χ1n) is 6.69. The summed E-state index contributed by atoms with van der Waals surface area (Å²) in [6, 6.07) is 0.254. The summed E-state index contributed by atoms with van der Waals surface area (Å²) in [7, 11) is 0. The molecule has 0 aromatic carbocycles. The second-order valence-corrected chi connectivity index (χ2v) is 7.28. The van der Waals surface area contributed by atoms with Crippen LogP contribution in [0.2, 0.25) is 0 Å². The summed E-state index contributed by atoms with van der Waals surface area (Å²) in [5, 5.41) is 0.398. The third-order valence-corrected chi connectivity index (χ3v) is 5.76. The molecule has 0 radical (unpaired) electrons. The van der Waals surface area contributed by atoms with Gasteiger partial charge in [-0.15, -0.1) is 11.3 Å². The summed E-state index contributed by atoms with van der Waals surface area (Å²) < 4.78 is 6.04. The molecule has 1 aliphatic carbocycles. The molecular formula is C14H18BrNO2S. The van der Waals surface area contributed by atoms with E-state index in [0.717, 1.165) is 5.75 Å². The minimum Gasteiger partial charge on any atom is -0.490 e. The summed E-state index contributed by atoms with van der Waals surface area (Å²) >= 11 is 5.07. The SMILES string of the molecule is Cc1sc2c(c1C)OC[C@@H](C1CC1)N(C(=O)CBr)C2. The maximum Gasteiger partial charge on any atom is 0.233 e. The Morgan fingerprint density at radius 3 is 2.84 bits per heavy atom. The van der Waals surface area contributed by atoms with Crippen molar-refractivity contribution < 1.29 is 9.53 Å². The van der Waals surface area contributed by atoms with Crippen LogP contribution in [0.4, 0.5) is 0 Å². The molecular weight excluding hydrogens is 326 g/mol. The van der Waals surface area contributed by atoms with Crippen molar-refractivity contribution in [2.75, 3.05) is 11.9 Å². The Morgan fingerprint density at radius 1 is 1.47 bits per heavy atom. The predicted octanol–water partition coefficient (Wildman–Crippen LogP) is 3.26. The number of alkyl halides is 1. The van der Waals surface area contributed by atoms with Gasteiger partial charge in [0.1, 0.15) is 12.4 Å². The van der Waals surface area contributed by atoms with E-state index in [9.17, 15) is 4.79 Å². The fraction of sp³-hybridized carbons (Fsp3) is 0.643. The molecule has 0 saturated heterocycles. The van der Waals surface area contributed by atoms with Crippen LogP contribution in [0.1, 0.15) is 28.2 Å². The molecule has 1 aromatic rings. The van der Waals surface area contributed by atoms with Crippen molar-refractivity contribution >= 4 is 33.2 Å². The number of nitrogens with zero attached hydrogens (tertiary/aromatic N) is 1. The van der Waals surface area contributed by atoms with Crippen LogP contribution in [0.5, 0.6) is 5.75 Å². The summed E-state index contributed by atoms with van der Waals surface area (Å²) in [6.45, 7) is 5.58. The molecule has 3 rings (SSSR count). The molecule has 5 heteroatoms. The molecule has 3 nitrogen and oxygen atoms in total. The lowest BCUT2D eigenvalue weighted by atomic mass is 10.1. The van der Waals surface area contributed by atoms with Gasteiger partial charge in [-0.05, 0) is 32.6 Å². The van der Waals surface area contributed by atoms with E-state index < -0.39 is 0 Å². The van der Waals surface area contributed by atoms with E-state index in [2.05, 4.69) is 29.8 Å². The highest BCUT2D eigenvalue weighted by molar-refractivity contribution is 9.09. The molecule has 1 aliphatic heterocycles. The Bertz CT molecular complexity index is 510. The summed E-state index contributed by atoms with van der Waals surface area (Å²) in [5.41, 5.74) is 1.24. The highest BCUT2D eigenvalue weighted by Gasteiger charge is 2.40. The molecule has 0 bridgehead atoms. The summed E-state index contributed by atoms with van der Waals surface area (Å²) in [6.07, 6.45) is 2.46. The van der Waals surface area contributed by atoms with Crippen LogP contribution in [0.3, 0.4) is 0 Å². The van der Waals surface area contributed by atoms with Crippen molar-refractivity contribution in [3.8, 4) is 5.75 Å². The standard InChI is InChI=1S/C14H18BrNO2S/c1-8-9(2)19-12-6-16(13(17)5-15)11(10-3-4-10)7-18-14(8)12/h10-11H,3-7H2,1-2H3/t11-/m0/s1. The lowest BCUT2D eigenvalue weighted by Gasteiger charge is -2.28. The fourth-order valence-corrected chi connectivity index (χ4v) is 4.17. The molecule has 19 heavy (non-hydrogen) atoms. The van der Waals surface area contributed by atoms with Gasteiger partial charge in [0, 0.05) is 10.4 Å². The minimum atomic E-state index is 0.178. The Labute approximate surface area is 126 Å². The van der Waals surface area contributed by atoms with Gasteiger partial charge in [-0.1, -0.05) is 15.9 Å². The highest BCUT2D eigenvalue weighted by atomic mass is 79.9. The molecule has 0 N–H and O–H groups in total. The number of hydrogen-bond donors (Lipinski definition) is 0. The van der Waals surface area contributed by atoms with Gasteiger partial charge in [0.05, 0.1) is 22.8 Å². The van der Waals surface area contributed by atoms with Crippen LogP contribution in [-0.2, 0) is 11.3 Å². The molecule has 2 aliphatic rings. The Balaban J connectivity index is 1.92. The van der Waals surface area contributed by atoms with Gasteiger partial charge in [-0.3, -0.25) is 4.79 Å². The largest absolute Gasteiger partial charge is 0.490 e. The van der Waals surface area contributed by atoms with Gasteiger partial charge in [-0.2, -0.15) is 0 Å². The van der Waals surface area contributed by atoms with Gasteiger partial charge in [0.2, 0.25) is 5.91 Å². The number of thiophene rings is 1. The van der Waals surface area contributed by atoms with Crippen molar-refractivity contribution in [3.05, 3.63) is 15.3 Å². The van der Waals surface area contributed by atoms with Crippen LogP contribution < -0.4 is 4.74 Å². The first-order chi connectivity index (χ1) is 9.11. The lowest BCUT2D eigenvalue weighted by molar-refractivity contribution is -0.132. The zero-order valence-corrected chi connectivity index (χ0v) is 13.6. The zero-order valence-electron chi connectivity index (χ0n) is 11.2. The van der Waals surface area contributed by atoms with E-state index in [-0.39, 0.29) is 11.9 Å². The number of aryl methyl sites for hydroxylation is 1. The molecule has 1 aromatic heterocycles. The molecule has 1 atom stereocenters. The van der Waals surface area contributed by atoms with Gasteiger partial charge < -0.3 is 9.64 Å². The van der Waals surface area contributed by atoms with E-state index in [1.807, 2.05) is 4.90 Å². The maximum absolute atomic E-state index is 12.2. The Morgan fingerprint density at radius 2 is 2.21 bits per heavy atom. The number of halogens is 1. The maximum atomic E-state index is 12.2. The van der Waals surface area contributed by atoms with Crippen LogP contribution >= 0.6 is 27.3 Å².